The van der Waals surface area contributed by atoms with E-state index >= 15 is 0 Å². The van der Waals surface area contributed by atoms with Gasteiger partial charge in [-0.25, -0.2) is 9.97 Å². The maximum atomic E-state index is 4.58. The SMILES string of the molecule is CN1CCC(n2ccnc2-c2cnc(-c3ccccc3)s2)C1. The van der Waals surface area contributed by atoms with Gasteiger partial charge in [-0.05, 0) is 20.0 Å². The zero-order valence-electron chi connectivity index (χ0n) is 12.5. The van der Waals surface area contributed by atoms with Gasteiger partial charge < -0.3 is 9.47 Å². The quantitative estimate of drug-likeness (QED) is 0.742. The van der Waals surface area contributed by atoms with Gasteiger partial charge in [0.2, 0.25) is 0 Å². The summed E-state index contributed by atoms with van der Waals surface area (Å²) >= 11 is 1.71. The number of aromatic nitrogens is 3. The molecule has 4 nitrogen and oxygen atoms in total. The zero-order chi connectivity index (χ0) is 14.9. The maximum Gasteiger partial charge on any atom is 0.151 e. The number of likely N-dealkylation sites (tertiary alicyclic amines) is 1. The van der Waals surface area contributed by atoms with Crippen molar-refractivity contribution in [2.75, 3.05) is 20.1 Å². The molecule has 112 valence electrons. The second-order valence-corrected chi connectivity index (χ2v) is 6.79. The van der Waals surface area contributed by atoms with Crippen LogP contribution >= 0.6 is 11.3 Å². The maximum absolute atomic E-state index is 4.58. The van der Waals surface area contributed by atoms with E-state index in [1.54, 1.807) is 11.3 Å². The number of hydrogen-bond acceptors (Lipinski definition) is 4. The molecule has 1 aliphatic heterocycles. The van der Waals surface area contributed by atoms with Gasteiger partial charge in [0.25, 0.3) is 0 Å². The summed E-state index contributed by atoms with van der Waals surface area (Å²) in [4.78, 5) is 12.7. The summed E-state index contributed by atoms with van der Waals surface area (Å²) in [5.74, 6) is 1.04. The van der Waals surface area contributed by atoms with Gasteiger partial charge in [-0.15, -0.1) is 11.3 Å². The summed E-state index contributed by atoms with van der Waals surface area (Å²) < 4.78 is 2.31. The number of hydrogen-bond donors (Lipinski definition) is 0. The second kappa shape index (κ2) is 5.66. The predicted molar refractivity (Wildman–Crippen MR) is 89.9 cm³/mol. The van der Waals surface area contributed by atoms with Crippen molar-refractivity contribution in [2.24, 2.45) is 0 Å². The number of benzene rings is 1. The Hall–Kier alpha value is -1.98. The molecule has 0 saturated carbocycles. The molecule has 0 amide bonds. The van der Waals surface area contributed by atoms with Crippen molar-refractivity contribution in [1.29, 1.82) is 0 Å². The van der Waals surface area contributed by atoms with Gasteiger partial charge in [0, 0.05) is 36.7 Å². The Balaban J connectivity index is 1.66. The van der Waals surface area contributed by atoms with E-state index in [0.717, 1.165) is 34.4 Å². The highest BCUT2D eigenvalue weighted by atomic mass is 32.1. The third-order valence-corrected chi connectivity index (χ3v) is 5.22. The van der Waals surface area contributed by atoms with E-state index in [9.17, 15) is 0 Å². The Morgan fingerprint density at radius 2 is 2.05 bits per heavy atom. The van der Waals surface area contributed by atoms with Gasteiger partial charge in [0.1, 0.15) is 5.01 Å². The second-order valence-electron chi connectivity index (χ2n) is 5.76. The number of thiazole rings is 1. The van der Waals surface area contributed by atoms with Gasteiger partial charge in [-0.3, -0.25) is 0 Å². The summed E-state index contributed by atoms with van der Waals surface area (Å²) in [7, 11) is 2.18. The number of nitrogens with zero attached hydrogens (tertiary/aromatic N) is 4. The minimum absolute atomic E-state index is 0.518. The van der Waals surface area contributed by atoms with Gasteiger partial charge >= 0.3 is 0 Å². The molecule has 3 aromatic rings. The van der Waals surface area contributed by atoms with Crippen LogP contribution in [0.25, 0.3) is 21.3 Å². The van der Waals surface area contributed by atoms with E-state index < -0.39 is 0 Å². The molecule has 1 aromatic carbocycles. The van der Waals surface area contributed by atoms with Crippen LogP contribution in [0.5, 0.6) is 0 Å². The monoisotopic (exact) mass is 310 g/mol. The molecular formula is C17H18N4S. The Kier molecular flexibility index (Phi) is 3.52. The van der Waals surface area contributed by atoms with Crippen LogP contribution < -0.4 is 0 Å². The molecule has 2 aromatic heterocycles. The lowest BCUT2D eigenvalue weighted by Gasteiger charge is -2.14. The van der Waals surface area contributed by atoms with Crippen molar-refractivity contribution in [3.8, 4) is 21.3 Å². The Bertz CT molecular complexity index is 762. The van der Waals surface area contributed by atoms with Gasteiger partial charge in [-0.2, -0.15) is 0 Å². The Labute approximate surface area is 134 Å². The standard InChI is InChI=1S/C17H18N4S/c1-20-9-7-14(12-20)21-10-8-18-16(21)15-11-19-17(22-15)13-5-3-2-4-6-13/h2-6,8,10-11,14H,7,9,12H2,1H3. The molecule has 1 unspecified atom stereocenters. The highest BCUT2D eigenvalue weighted by Crippen LogP contribution is 2.33. The molecule has 1 aliphatic rings. The van der Waals surface area contributed by atoms with Crippen LogP contribution in [0.15, 0.2) is 48.9 Å². The molecule has 4 rings (SSSR count). The lowest BCUT2D eigenvalue weighted by Crippen LogP contribution is -2.16. The largest absolute Gasteiger partial charge is 0.326 e. The van der Waals surface area contributed by atoms with Crippen LogP contribution in [0.2, 0.25) is 0 Å². The van der Waals surface area contributed by atoms with Crippen LogP contribution in [0, 0.1) is 0 Å². The van der Waals surface area contributed by atoms with E-state index in [-0.39, 0.29) is 0 Å². The average Bonchev–Trinajstić information content (AvgIpc) is 3.27. The summed E-state index contributed by atoms with van der Waals surface area (Å²) in [6.45, 7) is 2.24. The summed E-state index contributed by atoms with van der Waals surface area (Å²) in [6.07, 6.45) is 7.13. The minimum Gasteiger partial charge on any atom is -0.326 e. The van der Waals surface area contributed by atoms with E-state index in [4.69, 9.17) is 0 Å². The van der Waals surface area contributed by atoms with E-state index in [2.05, 4.69) is 44.8 Å². The van der Waals surface area contributed by atoms with Crippen LogP contribution in [0.4, 0.5) is 0 Å². The van der Waals surface area contributed by atoms with Gasteiger partial charge in [0.05, 0.1) is 4.88 Å². The summed E-state index contributed by atoms with van der Waals surface area (Å²) in [5, 5.41) is 1.05. The first kappa shape index (κ1) is 13.7. The van der Waals surface area contributed by atoms with E-state index in [1.807, 2.05) is 30.6 Å². The normalized spacial score (nSPS) is 18.9. The number of likely N-dealkylation sites (N-methyl/N-ethyl adjacent to an activating group) is 1. The smallest absolute Gasteiger partial charge is 0.151 e. The fourth-order valence-electron chi connectivity index (χ4n) is 3.03. The third-order valence-electron chi connectivity index (χ3n) is 4.18. The Morgan fingerprint density at radius 1 is 1.18 bits per heavy atom. The molecule has 0 bridgehead atoms. The molecular weight excluding hydrogens is 292 g/mol. The highest BCUT2D eigenvalue weighted by molar-refractivity contribution is 7.18. The minimum atomic E-state index is 0.518. The lowest BCUT2D eigenvalue weighted by molar-refractivity contribution is 0.393. The molecule has 22 heavy (non-hydrogen) atoms. The fraction of sp³-hybridized carbons (Fsp3) is 0.294. The highest BCUT2D eigenvalue weighted by Gasteiger charge is 2.24. The van der Waals surface area contributed by atoms with Crippen molar-refractivity contribution >= 4 is 11.3 Å². The Morgan fingerprint density at radius 3 is 2.82 bits per heavy atom. The molecule has 0 spiro atoms. The first-order valence-corrected chi connectivity index (χ1v) is 8.36. The van der Waals surface area contributed by atoms with Crippen molar-refractivity contribution < 1.29 is 0 Å². The molecule has 0 aliphatic carbocycles. The van der Waals surface area contributed by atoms with Crippen LogP contribution in [0.3, 0.4) is 0 Å². The van der Waals surface area contributed by atoms with Crippen molar-refractivity contribution in [3.63, 3.8) is 0 Å². The van der Waals surface area contributed by atoms with Crippen LogP contribution in [-0.4, -0.2) is 39.6 Å². The van der Waals surface area contributed by atoms with E-state index in [1.165, 1.54) is 6.42 Å². The molecule has 1 atom stereocenters. The van der Waals surface area contributed by atoms with Crippen LogP contribution in [0.1, 0.15) is 12.5 Å². The van der Waals surface area contributed by atoms with Crippen LogP contribution in [-0.2, 0) is 0 Å². The molecule has 5 heteroatoms. The summed E-state index contributed by atoms with van der Waals surface area (Å²) in [5.41, 5.74) is 1.16. The predicted octanol–water partition coefficient (Wildman–Crippen LogP) is 3.55. The van der Waals surface area contributed by atoms with E-state index in [0.29, 0.717) is 6.04 Å². The van der Waals surface area contributed by atoms with Crippen molar-refractivity contribution in [1.82, 2.24) is 19.4 Å². The molecule has 3 heterocycles. The van der Waals surface area contributed by atoms with Crippen molar-refractivity contribution in [2.45, 2.75) is 12.5 Å². The molecule has 0 radical (unpaired) electrons. The van der Waals surface area contributed by atoms with Crippen molar-refractivity contribution in [3.05, 3.63) is 48.9 Å². The third kappa shape index (κ3) is 2.46. The van der Waals surface area contributed by atoms with Gasteiger partial charge in [0.15, 0.2) is 5.82 Å². The first-order valence-electron chi connectivity index (χ1n) is 7.54. The fourth-order valence-corrected chi connectivity index (χ4v) is 3.95. The topological polar surface area (TPSA) is 34.0 Å². The average molecular weight is 310 g/mol. The number of imidazole rings is 1. The first-order chi connectivity index (χ1) is 10.8. The molecule has 1 fully saturated rings. The summed E-state index contributed by atoms with van der Waals surface area (Å²) in [6, 6.07) is 10.8. The zero-order valence-corrected chi connectivity index (χ0v) is 13.3. The molecule has 0 N–H and O–H groups in total. The lowest BCUT2D eigenvalue weighted by atomic mass is 10.2. The molecule has 1 saturated heterocycles. The van der Waals surface area contributed by atoms with Gasteiger partial charge in [-0.1, -0.05) is 30.3 Å². The number of rotatable bonds is 3.